The molecule has 8 aliphatic rings. The Labute approximate surface area is 324 Å². The molecule has 3 N–H and O–H groups in total. The van der Waals surface area contributed by atoms with E-state index in [9.17, 15) is 27.5 Å². The monoisotopic (exact) mass is 766 g/mol. The molecule has 0 radical (unpaired) electrons. The Morgan fingerprint density at radius 2 is 1.70 bits per heavy atom. The molecule has 300 valence electrons. The lowest BCUT2D eigenvalue weighted by atomic mass is 9.33. The number of fused-ring (bicyclic) bond motifs is 8. The van der Waals surface area contributed by atoms with E-state index >= 15 is 0 Å². The molecule has 0 spiro atoms. The fourth-order valence-electron chi connectivity index (χ4n) is 15.5. The number of carboxylic acid groups (broad SMARTS) is 1. The summed E-state index contributed by atoms with van der Waals surface area (Å²) in [7, 11) is -3.10. The third-order valence-electron chi connectivity index (χ3n) is 18.8. The van der Waals surface area contributed by atoms with Crippen molar-refractivity contribution in [1.82, 2.24) is 10.6 Å². The van der Waals surface area contributed by atoms with Gasteiger partial charge in [0, 0.05) is 12.1 Å². The van der Waals surface area contributed by atoms with Gasteiger partial charge >= 0.3 is 5.97 Å². The van der Waals surface area contributed by atoms with Gasteiger partial charge in [0.2, 0.25) is 5.91 Å². The van der Waals surface area contributed by atoms with Crippen molar-refractivity contribution in [2.24, 2.45) is 68.5 Å². The molecule has 7 nitrogen and oxygen atoms in total. The largest absolute Gasteiger partial charge is 0.481 e. The lowest BCUT2D eigenvalue weighted by Crippen LogP contribution is -2.68. The van der Waals surface area contributed by atoms with Crippen LogP contribution in [0.15, 0.2) is 35.5 Å². The highest BCUT2D eigenvalue weighted by Crippen LogP contribution is 2.76. The molecular weight excluding hydrogens is 700 g/mol. The molecule has 0 aromatic carbocycles. The summed E-state index contributed by atoms with van der Waals surface area (Å²) in [6.07, 6.45) is 16.9. The van der Waals surface area contributed by atoms with E-state index in [1.807, 2.05) is 0 Å². The minimum absolute atomic E-state index is 0.0537. The van der Waals surface area contributed by atoms with Crippen LogP contribution in [-0.2, 0) is 19.4 Å². The van der Waals surface area contributed by atoms with Crippen molar-refractivity contribution in [2.45, 2.75) is 136 Å². The Morgan fingerprint density at radius 1 is 0.944 bits per heavy atom. The number of sulfone groups is 1. The first-order valence-corrected chi connectivity index (χ1v) is 23.1. The second kappa shape index (κ2) is 12.8. The van der Waals surface area contributed by atoms with Crippen LogP contribution < -0.4 is 10.6 Å². The summed E-state index contributed by atoms with van der Waals surface area (Å²) in [5, 5.41) is 16.3. The van der Waals surface area contributed by atoms with Gasteiger partial charge in [-0.3, -0.25) is 9.59 Å². The first kappa shape index (κ1) is 38.9. The molecule has 6 fully saturated rings. The van der Waals surface area contributed by atoms with Crippen molar-refractivity contribution < 1.29 is 27.5 Å². The molecule has 54 heavy (non-hydrogen) atoms. The van der Waals surface area contributed by atoms with Gasteiger partial charge in [-0.25, -0.2) is 12.8 Å². The maximum atomic E-state index is 14.0. The van der Waals surface area contributed by atoms with Gasteiger partial charge in [-0.1, -0.05) is 58.9 Å². The van der Waals surface area contributed by atoms with Gasteiger partial charge in [-0.15, -0.1) is 0 Å². The lowest BCUT2D eigenvalue weighted by Gasteiger charge is -2.72. The van der Waals surface area contributed by atoms with Gasteiger partial charge in [0.1, 0.15) is 6.67 Å². The van der Waals surface area contributed by atoms with Crippen LogP contribution in [0.2, 0.25) is 0 Å². The first-order valence-electron chi connectivity index (χ1n) is 21.4. The van der Waals surface area contributed by atoms with E-state index < -0.39 is 33.1 Å². The quantitative estimate of drug-likeness (QED) is 0.204. The molecule has 9 heteroatoms. The zero-order valence-electron chi connectivity index (χ0n) is 33.9. The van der Waals surface area contributed by atoms with Gasteiger partial charge in [0.25, 0.3) is 0 Å². The lowest BCUT2D eigenvalue weighted by molar-refractivity contribution is -0.221. The standard InChI is InChI=1S/C45H67FN2O5S/c1-27(2)30-12-19-45(48-24-37(49)47-23-34-31-22-29(31)25-54(34,52)53)21-20-42(6)33(38(30)45)8-9-36-41(5)15-13-32(40(3,4)35(41)14-16-43(36,42)7)28-10-17-44(26-46,18-11-28)39(50)51/h10,13,29-31,33-36,38,48H,1,8-9,11-12,14-26H2,2-7H3,(H,47,49)(H,50,51). The summed E-state index contributed by atoms with van der Waals surface area (Å²) in [5.41, 5.74) is 2.92. The molecule has 1 heterocycles. The van der Waals surface area contributed by atoms with Crippen molar-refractivity contribution in [2.75, 3.05) is 25.5 Å². The highest BCUT2D eigenvalue weighted by atomic mass is 32.2. The zero-order valence-corrected chi connectivity index (χ0v) is 34.7. The van der Waals surface area contributed by atoms with Crippen LogP contribution in [0.25, 0.3) is 0 Å². The molecule has 1 saturated heterocycles. The Hall–Kier alpha value is -2.00. The van der Waals surface area contributed by atoms with Crippen molar-refractivity contribution in [1.29, 1.82) is 0 Å². The SMILES string of the molecule is C=C(C)C1CCC2(NCC(=O)NCC3C4CC4CS3(=O)=O)CCC3(C)C(CCC4C5(C)CC=C(C6=CCC(CF)(C(=O)O)CC6)C(C)(C)C5CCC43C)C12. The van der Waals surface area contributed by atoms with E-state index in [4.69, 9.17) is 0 Å². The van der Waals surface area contributed by atoms with Crippen molar-refractivity contribution in [3.8, 4) is 0 Å². The highest BCUT2D eigenvalue weighted by Gasteiger charge is 2.70. The highest BCUT2D eigenvalue weighted by molar-refractivity contribution is 7.92. The minimum atomic E-state index is -3.10. The van der Waals surface area contributed by atoms with E-state index in [0.29, 0.717) is 48.3 Å². The number of amides is 1. The van der Waals surface area contributed by atoms with Crippen molar-refractivity contribution in [3.05, 3.63) is 35.5 Å². The van der Waals surface area contributed by atoms with Gasteiger partial charge < -0.3 is 15.7 Å². The van der Waals surface area contributed by atoms with Crippen LogP contribution in [0.5, 0.6) is 0 Å². The summed E-state index contributed by atoms with van der Waals surface area (Å²) >= 11 is 0. The average Bonchev–Trinajstić information content (AvgIpc) is 3.63. The van der Waals surface area contributed by atoms with E-state index in [1.165, 1.54) is 42.4 Å². The molecule has 8 rings (SSSR count). The Morgan fingerprint density at radius 3 is 2.33 bits per heavy atom. The van der Waals surface area contributed by atoms with Crippen LogP contribution in [0.1, 0.15) is 125 Å². The van der Waals surface area contributed by atoms with Crippen LogP contribution in [-0.4, -0.2) is 61.7 Å². The first-order chi connectivity index (χ1) is 25.3. The molecule has 0 bridgehead atoms. The zero-order chi connectivity index (χ0) is 38.9. The van der Waals surface area contributed by atoms with Gasteiger partial charge in [-0.2, -0.15) is 0 Å². The molecule has 7 aliphatic carbocycles. The fraction of sp³-hybridized carbons (Fsp3) is 0.822. The molecule has 0 aromatic rings. The van der Waals surface area contributed by atoms with Gasteiger partial charge in [-0.05, 0) is 165 Å². The van der Waals surface area contributed by atoms with Gasteiger partial charge in [0.05, 0.1) is 23.0 Å². The predicted molar refractivity (Wildman–Crippen MR) is 211 cm³/mol. The number of carbonyl (C=O) groups excluding carboxylic acids is 1. The summed E-state index contributed by atoms with van der Waals surface area (Å²) in [5.74, 6) is 2.20. The summed E-state index contributed by atoms with van der Waals surface area (Å²) in [4.78, 5) is 25.3. The smallest absolute Gasteiger partial charge is 0.312 e. The topological polar surface area (TPSA) is 113 Å². The number of allylic oxidation sites excluding steroid dienone is 5. The Balaban J connectivity index is 1.02. The van der Waals surface area contributed by atoms with Gasteiger partial charge in [0.15, 0.2) is 9.84 Å². The number of carbonyl (C=O) groups is 2. The minimum Gasteiger partial charge on any atom is -0.481 e. The third-order valence-corrected chi connectivity index (χ3v) is 21.1. The predicted octanol–water partition coefficient (Wildman–Crippen LogP) is 8.22. The number of carboxylic acids is 1. The number of rotatable bonds is 9. The molecule has 5 saturated carbocycles. The van der Waals surface area contributed by atoms with Crippen molar-refractivity contribution in [3.63, 3.8) is 0 Å². The molecule has 0 aromatic heterocycles. The summed E-state index contributed by atoms with van der Waals surface area (Å²) < 4.78 is 39.2. The van der Waals surface area contributed by atoms with E-state index in [2.05, 4.69) is 70.9 Å². The third kappa shape index (κ3) is 5.48. The van der Waals surface area contributed by atoms with E-state index in [-0.39, 0.29) is 64.3 Å². The number of halogens is 1. The summed E-state index contributed by atoms with van der Waals surface area (Å²) in [6.45, 7) is 19.1. The van der Waals surface area contributed by atoms with Crippen LogP contribution in [0.4, 0.5) is 4.39 Å². The fourth-order valence-corrected chi connectivity index (χ4v) is 18.0. The normalized spacial score (nSPS) is 48.1. The van der Waals surface area contributed by atoms with E-state index in [1.54, 1.807) is 0 Å². The van der Waals surface area contributed by atoms with Crippen LogP contribution in [0.3, 0.4) is 0 Å². The molecule has 13 atom stereocenters. The number of nitrogens with one attached hydrogen (secondary N) is 2. The Bertz CT molecular complexity index is 1790. The number of aliphatic carboxylic acids is 1. The number of hydrogen-bond acceptors (Lipinski definition) is 5. The Kier molecular flexibility index (Phi) is 9.17. The molecular formula is C45H67FN2O5S. The van der Waals surface area contributed by atoms with Crippen molar-refractivity contribution >= 4 is 21.7 Å². The second-order valence-corrected chi connectivity index (χ2v) is 23.5. The number of hydrogen-bond donors (Lipinski definition) is 3. The van der Waals surface area contributed by atoms with E-state index in [0.717, 1.165) is 38.5 Å². The second-order valence-electron chi connectivity index (χ2n) is 21.2. The number of alkyl halides is 1. The maximum absolute atomic E-state index is 14.0. The maximum Gasteiger partial charge on any atom is 0.312 e. The molecule has 1 aliphatic heterocycles. The van der Waals surface area contributed by atoms with Crippen LogP contribution >= 0.6 is 0 Å². The molecule has 1 amide bonds. The van der Waals surface area contributed by atoms with Crippen LogP contribution in [0, 0.1) is 68.5 Å². The molecule has 13 unspecified atom stereocenters. The average molecular weight is 767 g/mol. The summed E-state index contributed by atoms with van der Waals surface area (Å²) in [6, 6.07) is 0.